The van der Waals surface area contributed by atoms with Gasteiger partial charge in [0.25, 0.3) is 11.5 Å². The Morgan fingerprint density at radius 2 is 1.69 bits per heavy atom. The number of piperazine rings is 1. The Balaban J connectivity index is 1.16. The Bertz CT molecular complexity index is 2040. The number of fused-ring (bicyclic) bond motifs is 6. The molecule has 5 heterocycles. The molecule has 0 spiro atoms. The highest BCUT2D eigenvalue weighted by atomic mass is 16.5. The summed E-state index contributed by atoms with van der Waals surface area (Å²) in [6, 6.07) is 18.5. The van der Waals surface area contributed by atoms with Crippen molar-refractivity contribution < 1.29 is 9.53 Å². The first-order valence-electron chi connectivity index (χ1n) is 15.5. The molecule has 5 aromatic rings. The number of benzene rings is 3. The molecule has 8 rings (SSSR count). The van der Waals surface area contributed by atoms with Crippen LogP contribution < -0.4 is 25.4 Å². The Labute approximate surface area is 259 Å². The maximum atomic E-state index is 13.6. The highest BCUT2D eigenvalue weighted by Crippen LogP contribution is 2.35. The van der Waals surface area contributed by atoms with Gasteiger partial charge in [0.15, 0.2) is 12.3 Å². The van der Waals surface area contributed by atoms with E-state index in [4.69, 9.17) is 9.72 Å². The third-order valence-electron chi connectivity index (χ3n) is 8.95. The summed E-state index contributed by atoms with van der Waals surface area (Å²) in [6.45, 7) is 5.20. The van der Waals surface area contributed by atoms with Crippen LogP contribution in [0.2, 0.25) is 0 Å². The first-order chi connectivity index (χ1) is 22.0. The monoisotopic (exact) mass is 602 g/mol. The Morgan fingerprint density at radius 3 is 2.58 bits per heavy atom. The van der Waals surface area contributed by atoms with Crippen LogP contribution in [0.15, 0.2) is 77.7 Å². The molecule has 228 valence electrons. The number of hydrogen-bond donors (Lipinski definition) is 1. The fourth-order valence-electron chi connectivity index (χ4n) is 6.44. The average molecular weight is 603 g/mol. The zero-order valence-electron chi connectivity index (χ0n) is 25.1. The summed E-state index contributed by atoms with van der Waals surface area (Å²) in [5.74, 6) is 0.965. The van der Waals surface area contributed by atoms with E-state index in [0.717, 1.165) is 50.1 Å². The molecule has 45 heavy (non-hydrogen) atoms. The Kier molecular flexibility index (Phi) is 6.75. The first kappa shape index (κ1) is 27.4. The molecule has 11 heteroatoms. The van der Waals surface area contributed by atoms with E-state index < -0.39 is 0 Å². The summed E-state index contributed by atoms with van der Waals surface area (Å²) in [7, 11) is 2.17. The van der Waals surface area contributed by atoms with Gasteiger partial charge in [0.1, 0.15) is 11.1 Å². The molecule has 0 radical (unpaired) electrons. The summed E-state index contributed by atoms with van der Waals surface area (Å²) in [5, 5.41) is 6.06. The molecule has 3 aromatic carbocycles. The van der Waals surface area contributed by atoms with Crippen LogP contribution in [0.4, 0.5) is 23.0 Å². The summed E-state index contributed by atoms with van der Waals surface area (Å²) in [6.07, 6.45) is 7.25. The molecule has 1 N–H and O–H groups in total. The molecule has 1 fully saturated rings. The van der Waals surface area contributed by atoms with Gasteiger partial charge < -0.3 is 24.8 Å². The van der Waals surface area contributed by atoms with Crippen molar-refractivity contribution in [1.82, 2.24) is 24.2 Å². The second kappa shape index (κ2) is 11.1. The summed E-state index contributed by atoms with van der Waals surface area (Å²) in [4.78, 5) is 42.4. The van der Waals surface area contributed by atoms with E-state index in [0.29, 0.717) is 47.2 Å². The first-order valence-corrected chi connectivity index (χ1v) is 15.5. The van der Waals surface area contributed by atoms with Crippen molar-refractivity contribution in [2.24, 2.45) is 0 Å². The molecule has 0 saturated carbocycles. The van der Waals surface area contributed by atoms with E-state index in [2.05, 4.69) is 63.6 Å². The summed E-state index contributed by atoms with van der Waals surface area (Å²) in [5.41, 5.74) is 3.82. The second-order valence-corrected chi connectivity index (χ2v) is 11.9. The molecule has 0 unspecified atom stereocenters. The van der Waals surface area contributed by atoms with Gasteiger partial charge in [-0.25, -0.2) is 14.3 Å². The maximum Gasteiger partial charge on any atom is 0.278 e. The third-order valence-corrected chi connectivity index (χ3v) is 8.95. The van der Waals surface area contributed by atoms with Gasteiger partial charge in [-0.05, 0) is 73.1 Å². The normalized spacial score (nSPS) is 17.8. The maximum absolute atomic E-state index is 13.6. The number of hydrogen-bond acceptors (Lipinski definition) is 8. The van der Waals surface area contributed by atoms with Crippen LogP contribution in [0.1, 0.15) is 12.8 Å². The molecule has 3 aliphatic rings. The van der Waals surface area contributed by atoms with Crippen molar-refractivity contribution in [3.63, 3.8) is 0 Å². The molecule has 11 nitrogen and oxygen atoms in total. The molecule has 2 aromatic heterocycles. The lowest BCUT2D eigenvalue weighted by Gasteiger charge is -2.34. The van der Waals surface area contributed by atoms with Crippen molar-refractivity contribution in [3.05, 3.63) is 83.3 Å². The van der Waals surface area contributed by atoms with Gasteiger partial charge in [0, 0.05) is 50.3 Å². The lowest BCUT2D eigenvalue weighted by Crippen LogP contribution is -2.44. The fourth-order valence-corrected chi connectivity index (χ4v) is 6.44. The van der Waals surface area contributed by atoms with Crippen LogP contribution in [0, 0.1) is 0 Å². The molecule has 0 aliphatic carbocycles. The van der Waals surface area contributed by atoms with Crippen molar-refractivity contribution in [2.45, 2.75) is 19.4 Å². The Morgan fingerprint density at radius 1 is 0.867 bits per heavy atom. The van der Waals surface area contributed by atoms with Gasteiger partial charge in [-0.3, -0.25) is 9.59 Å². The van der Waals surface area contributed by atoms with Crippen LogP contribution in [0.5, 0.6) is 5.75 Å². The highest BCUT2D eigenvalue weighted by Gasteiger charge is 2.27. The van der Waals surface area contributed by atoms with E-state index in [1.807, 2.05) is 35.0 Å². The van der Waals surface area contributed by atoms with Crippen molar-refractivity contribution in [2.75, 3.05) is 61.5 Å². The quantitative estimate of drug-likeness (QED) is 0.305. The van der Waals surface area contributed by atoms with Crippen LogP contribution in [-0.4, -0.2) is 76.5 Å². The van der Waals surface area contributed by atoms with Crippen LogP contribution in [0.25, 0.3) is 27.5 Å². The molecule has 2 bridgehead atoms. The Hall–Kier alpha value is -5.16. The van der Waals surface area contributed by atoms with Gasteiger partial charge in [0.05, 0.1) is 17.9 Å². The largest absolute Gasteiger partial charge is 0.482 e. The predicted octanol–water partition coefficient (Wildman–Crippen LogP) is 4.31. The van der Waals surface area contributed by atoms with Crippen LogP contribution in [0.3, 0.4) is 0 Å². The van der Waals surface area contributed by atoms with E-state index in [9.17, 15) is 9.59 Å². The van der Waals surface area contributed by atoms with E-state index >= 15 is 0 Å². The molecule has 1 amide bonds. The number of rotatable bonds is 3. The average Bonchev–Trinajstić information content (AvgIpc) is 3.33. The number of carbonyl (C=O) groups excluding carboxylic acids is 1. The predicted molar refractivity (Wildman–Crippen MR) is 176 cm³/mol. The highest BCUT2D eigenvalue weighted by molar-refractivity contribution is 5.98. The SMILES string of the molecule is CN1CCN(c2ccc3cc(Nc4ncc5c(=O)n6n(c5n4)-c4ccc5c(c4)N(CCC/C=C\C6)C(=O)CO5)ccc3c2)CC1. The van der Waals surface area contributed by atoms with Crippen LogP contribution in [-0.2, 0) is 11.3 Å². The lowest BCUT2D eigenvalue weighted by atomic mass is 10.1. The smallest absolute Gasteiger partial charge is 0.278 e. The van der Waals surface area contributed by atoms with Crippen molar-refractivity contribution in [1.29, 1.82) is 0 Å². The molecule has 1 saturated heterocycles. The van der Waals surface area contributed by atoms with E-state index in [1.54, 1.807) is 15.8 Å². The van der Waals surface area contributed by atoms with Crippen molar-refractivity contribution in [3.8, 4) is 11.4 Å². The van der Waals surface area contributed by atoms with Gasteiger partial charge in [-0.1, -0.05) is 24.3 Å². The summed E-state index contributed by atoms with van der Waals surface area (Å²) < 4.78 is 9.21. The number of allylic oxidation sites excluding steroid dienone is 2. The number of anilines is 4. The van der Waals surface area contributed by atoms with Gasteiger partial charge in [-0.15, -0.1) is 0 Å². The number of ether oxygens (including phenoxy) is 1. The zero-order valence-corrected chi connectivity index (χ0v) is 25.1. The molecule has 3 aliphatic heterocycles. The van der Waals surface area contributed by atoms with Crippen molar-refractivity contribution >= 4 is 50.7 Å². The van der Waals surface area contributed by atoms with Gasteiger partial charge >= 0.3 is 0 Å². The standard InChI is InChI=1S/C34H34N8O3/c1-38-14-16-39(17-15-38)26-9-7-23-18-25(8-6-24(23)19-26)36-34-35-21-28-32(37-34)42-27-10-11-30-29(20-27)40(31(43)22-45-30)12-4-2-3-5-13-41(42)33(28)44/h3,5-11,18-21H,2,4,12-17,22H2,1H3,(H,35,36,37)/b5-3-. The minimum atomic E-state index is -0.179. The minimum absolute atomic E-state index is 0.0216. The number of nitrogens with one attached hydrogen (secondary N) is 1. The van der Waals surface area contributed by atoms with Gasteiger partial charge in [-0.2, -0.15) is 4.98 Å². The fraction of sp³-hybridized carbons (Fsp3) is 0.294. The number of carbonyl (C=O) groups is 1. The number of amides is 1. The van der Waals surface area contributed by atoms with Gasteiger partial charge in [0.2, 0.25) is 5.95 Å². The summed E-state index contributed by atoms with van der Waals surface area (Å²) >= 11 is 0. The molecular formula is C34H34N8O3. The van der Waals surface area contributed by atoms with Crippen LogP contribution >= 0.6 is 0 Å². The topological polar surface area (TPSA) is 101 Å². The number of nitrogens with zero attached hydrogens (tertiary/aromatic N) is 7. The third kappa shape index (κ3) is 4.98. The molecular weight excluding hydrogens is 568 g/mol. The minimum Gasteiger partial charge on any atom is -0.482 e. The number of likely N-dealkylation sites (N-methyl/N-ethyl adjacent to an activating group) is 1. The lowest BCUT2D eigenvalue weighted by molar-refractivity contribution is -0.121. The number of aromatic nitrogens is 4. The second-order valence-electron chi connectivity index (χ2n) is 11.9. The van der Waals surface area contributed by atoms with E-state index in [1.165, 1.54) is 11.1 Å². The molecule has 0 atom stereocenters. The zero-order chi connectivity index (χ0) is 30.5. The van der Waals surface area contributed by atoms with E-state index in [-0.39, 0.29) is 18.1 Å².